The molecule has 0 aliphatic heterocycles. The highest BCUT2D eigenvalue weighted by Crippen LogP contribution is 2.27. The third kappa shape index (κ3) is 1.45. The highest BCUT2D eigenvalue weighted by molar-refractivity contribution is 6.03. The zero-order chi connectivity index (χ0) is 12.7. The normalized spacial score (nSPS) is 13.6. The van der Waals surface area contributed by atoms with Gasteiger partial charge in [-0.15, -0.1) is 0 Å². The molecule has 1 aliphatic carbocycles. The molecule has 4 heteroatoms. The fourth-order valence-corrected chi connectivity index (χ4v) is 2.70. The summed E-state index contributed by atoms with van der Waals surface area (Å²) in [5.74, 6) is -0.422. The molecule has 1 aromatic carbocycles. The summed E-state index contributed by atoms with van der Waals surface area (Å²) in [4.78, 5) is 26.5. The largest absolute Gasteiger partial charge is 0.465 e. The Kier molecular flexibility index (Phi) is 2.44. The summed E-state index contributed by atoms with van der Waals surface area (Å²) < 4.78 is 4.74. The number of esters is 1. The van der Waals surface area contributed by atoms with Gasteiger partial charge in [-0.3, -0.25) is 4.79 Å². The number of nitrogens with one attached hydrogen (secondary N) is 1. The van der Waals surface area contributed by atoms with Crippen LogP contribution in [0.1, 0.15) is 27.9 Å². The Morgan fingerprint density at radius 2 is 2.06 bits per heavy atom. The first kappa shape index (κ1) is 11.0. The highest BCUT2D eigenvalue weighted by atomic mass is 16.5. The fourth-order valence-electron chi connectivity index (χ4n) is 2.70. The number of hydrogen-bond donors (Lipinski definition) is 1. The molecule has 1 heterocycles. The number of carbonyl (C=O) groups excluding carboxylic acids is 1. The van der Waals surface area contributed by atoms with E-state index in [1.165, 1.54) is 7.11 Å². The lowest BCUT2D eigenvalue weighted by Crippen LogP contribution is -2.14. The molecule has 1 N–H and O–H groups in total. The molecule has 0 spiro atoms. The van der Waals surface area contributed by atoms with Crippen LogP contribution in [0.5, 0.6) is 0 Å². The second kappa shape index (κ2) is 3.98. The van der Waals surface area contributed by atoms with Gasteiger partial charge in [0.05, 0.1) is 18.2 Å². The fraction of sp³-hybridized carbons (Fsp3) is 0.286. The van der Waals surface area contributed by atoms with Crippen LogP contribution in [-0.4, -0.2) is 18.1 Å². The van der Waals surface area contributed by atoms with Crippen LogP contribution in [-0.2, 0) is 17.6 Å². The van der Waals surface area contributed by atoms with Gasteiger partial charge in [-0.1, -0.05) is 12.1 Å². The van der Waals surface area contributed by atoms with Gasteiger partial charge in [0, 0.05) is 10.9 Å². The van der Waals surface area contributed by atoms with Gasteiger partial charge in [0.1, 0.15) is 0 Å². The average molecular weight is 243 g/mol. The van der Waals surface area contributed by atoms with Crippen molar-refractivity contribution in [2.24, 2.45) is 0 Å². The lowest BCUT2D eigenvalue weighted by molar-refractivity contribution is 0.0603. The van der Waals surface area contributed by atoms with Crippen molar-refractivity contribution in [3.63, 3.8) is 0 Å². The van der Waals surface area contributed by atoms with Crippen LogP contribution in [0.25, 0.3) is 10.9 Å². The molecule has 0 radical (unpaired) electrons. The van der Waals surface area contributed by atoms with Crippen molar-refractivity contribution >= 4 is 16.9 Å². The summed E-state index contributed by atoms with van der Waals surface area (Å²) >= 11 is 0. The van der Waals surface area contributed by atoms with Crippen molar-refractivity contribution < 1.29 is 9.53 Å². The zero-order valence-electron chi connectivity index (χ0n) is 10.1. The number of aromatic amines is 1. The number of aryl methyl sites for hydroxylation is 1. The van der Waals surface area contributed by atoms with E-state index in [9.17, 15) is 9.59 Å². The summed E-state index contributed by atoms with van der Waals surface area (Å²) in [5, 5.41) is 0.963. The minimum Gasteiger partial charge on any atom is -0.465 e. The molecule has 0 atom stereocenters. The van der Waals surface area contributed by atoms with Crippen LogP contribution >= 0.6 is 0 Å². The number of pyridine rings is 1. The minimum absolute atomic E-state index is 0.0775. The first-order valence-electron chi connectivity index (χ1n) is 5.97. The number of carbonyl (C=O) groups is 1. The van der Waals surface area contributed by atoms with Crippen LogP contribution in [0.4, 0.5) is 0 Å². The SMILES string of the molecule is COC(=O)c1cccc2c3c(c(=O)[nH]c12)CCC3. The second-order valence-electron chi connectivity index (χ2n) is 4.48. The van der Waals surface area contributed by atoms with Gasteiger partial charge in [-0.2, -0.15) is 0 Å². The van der Waals surface area contributed by atoms with Crippen LogP contribution < -0.4 is 5.56 Å². The van der Waals surface area contributed by atoms with E-state index in [1.807, 2.05) is 12.1 Å². The van der Waals surface area contributed by atoms with Crippen molar-refractivity contribution in [2.45, 2.75) is 19.3 Å². The molecule has 2 aromatic rings. The van der Waals surface area contributed by atoms with Crippen LogP contribution in [0, 0.1) is 0 Å². The Hall–Kier alpha value is -2.10. The van der Waals surface area contributed by atoms with Gasteiger partial charge in [0.25, 0.3) is 5.56 Å². The first-order chi connectivity index (χ1) is 8.72. The van der Waals surface area contributed by atoms with Crippen molar-refractivity contribution in [3.8, 4) is 0 Å². The van der Waals surface area contributed by atoms with Gasteiger partial charge in [-0.25, -0.2) is 4.79 Å². The number of ether oxygens (including phenoxy) is 1. The van der Waals surface area contributed by atoms with E-state index in [0.717, 1.165) is 35.8 Å². The molecule has 1 aliphatic rings. The van der Waals surface area contributed by atoms with Crippen LogP contribution in [0.2, 0.25) is 0 Å². The van der Waals surface area contributed by atoms with Crippen molar-refractivity contribution in [3.05, 3.63) is 45.2 Å². The summed E-state index contributed by atoms with van der Waals surface area (Å²) in [6.07, 6.45) is 2.73. The predicted octanol–water partition coefficient (Wildman–Crippen LogP) is 1.80. The molecule has 1 aromatic heterocycles. The quantitative estimate of drug-likeness (QED) is 0.777. The number of benzene rings is 1. The molecule has 0 saturated heterocycles. The van der Waals surface area contributed by atoms with Gasteiger partial charge in [0.15, 0.2) is 0 Å². The number of aromatic nitrogens is 1. The number of para-hydroxylation sites is 1. The summed E-state index contributed by atoms with van der Waals surface area (Å²) in [7, 11) is 1.34. The third-order valence-electron chi connectivity index (χ3n) is 3.53. The van der Waals surface area contributed by atoms with E-state index in [4.69, 9.17) is 4.74 Å². The predicted molar refractivity (Wildman–Crippen MR) is 67.9 cm³/mol. The lowest BCUT2D eigenvalue weighted by Gasteiger charge is -2.08. The molecule has 0 saturated carbocycles. The average Bonchev–Trinajstić information content (AvgIpc) is 2.87. The number of fused-ring (bicyclic) bond motifs is 3. The third-order valence-corrected chi connectivity index (χ3v) is 3.53. The number of rotatable bonds is 1. The van der Waals surface area contributed by atoms with E-state index in [0.29, 0.717) is 11.1 Å². The molecule has 92 valence electrons. The monoisotopic (exact) mass is 243 g/mol. The Morgan fingerprint density at radius 3 is 2.83 bits per heavy atom. The molecule has 18 heavy (non-hydrogen) atoms. The Bertz CT molecular complexity index is 700. The summed E-state index contributed by atoms with van der Waals surface area (Å²) in [6, 6.07) is 5.44. The molecular formula is C14H13NO3. The van der Waals surface area contributed by atoms with E-state index in [2.05, 4.69) is 4.98 Å². The Balaban J connectivity index is 2.40. The van der Waals surface area contributed by atoms with E-state index in [1.54, 1.807) is 6.07 Å². The maximum absolute atomic E-state index is 12.0. The standard InChI is InChI=1S/C14H13NO3/c1-18-14(17)11-7-3-5-9-8-4-2-6-10(8)13(16)15-12(9)11/h3,5,7H,2,4,6H2,1H3,(H,15,16). The summed E-state index contributed by atoms with van der Waals surface area (Å²) in [6.45, 7) is 0. The Labute approximate surface area is 104 Å². The van der Waals surface area contributed by atoms with Gasteiger partial charge in [-0.05, 0) is 30.9 Å². The molecular weight excluding hydrogens is 230 g/mol. The Morgan fingerprint density at radius 1 is 1.28 bits per heavy atom. The van der Waals surface area contributed by atoms with Crippen LogP contribution in [0.15, 0.2) is 23.0 Å². The van der Waals surface area contributed by atoms with Crippen molar-refractivity contribution in [2.75, 3.05) is 7.11 Å². The lowest BCUT2D eigenvalue weighted by atomic mass is 10.0. The van der Waals surface area contributed by atoms with Crippen molar-refractivity contribution in [1.82, 2.24) is 4.98 Å². The highest BCUT2D eigenvalue weighted by Gasteiger charge is 2.20. The van der Waals surface area contributed by atoms with E-state index in [-0.39, 0.29) is 5.56 Å². The number of methoxy groups -OCH3 is 1. The van der Waals surface area contributed by atoms with Gasteiger partial charge >= 0.3 is 5.97 Å². The van der Waals surface area contributed by atoms with Crippen LogP contribution in [0.3, 0.4) is 0 Å². The number of H-pyrrole nitrogens is 1. The van der Waals surface area contributed by atoms with E-state index < -0.39 is 5.97 Å². The van der Waals surface area contributed by atoms with Gasteiger partial charge in [0.2, 0.25) is 0 Å². The van der Waals surface area contributed by atoms with Gasteiger partial charge < -0.3 is 9.72 Å². The molecule has 0 amide bonds. The molecule has 4 nitrogen and oxygen atoms in total. The smallest absolute Gasteiger partial charge is 0.339 e. The molecule has 0 bridgehead atoms. The second-order valence-corrected chi connectivity index (χ2v) is 4.48. The maximum Gasteiger partial charge on any atom is 0.339 e. The summed E-state index contributed by atoms with van der Waals surface area (Å²) in [5.41, 5.74) is 2.88. The van der Waals surface area contributed by atoms with E-state index >= 15 is 0 Å². The zero-order valence-corrected chi connectivity index (χ0v) is 10.1. The topological polar surface area (TPSA) is 59.2 Å². The maximum atomic E-state index is 12.0. The number of hydrogen-bond acceptors (Lipinski definition) is 3. The van der Waals surface area contributed by atoms with Crippen molar-refractivity contribution in [1.29, 1.82) is 0 Å². The molecule has 0 fully saturated rings. The molecule has 0 unspecified atom stereocenters. The first-order valence-corrected chi connectivity index (χ1v) is 5.97. The minimum atomic E-state index is -0.422. The molecule has 3 rings (SSSR count).